The highest BCUT2D eigenvalue weighted by atomic mass is 32.2. The zero-order valence-corrected chi connectivity index (χ0v) is 17.4. The summed E-state index contributed by atoms with van der Waals surface area (Å²) in [7, 11) is -2.23. The Morgan fingerprint density at radius 2 is 1.79 bits per heavy atom. The zero-order valence-electron chi connectivity index (χ0n) is 16.6. The van der Waals surface area contributed by atoms with E-state index in [1.165, 1.54) is 19.2 Å². The highest BCUT2D eigenvalue weighted by molar-refractivity contribution is 7.92. The first kappa shape index (κ1) is 21.0. The van der Waals surface area contributed by atoms with Gasteiger partial charge in [0.05, 0.1) is 17.7 Å². The van der Waals surface area contributed by atoms with Crippen LogP contribution in [-0.2, 0) is 14.8 Å². The van der Waals surface area contributed by atoms with E-state index >= 15 is 0 Å². The Balaban J connectivity index is 1.58. The average Bonchev–Trinajstić information content (AvgIpc) is 2.72. The molecule has 1 aliphatic rings. The molecule has 1 N–H and O–H groups in total. The van der Waals surface area contributed by atoms with Crippen LogP contribution in [-0.4, -0.2) is 46.0 Å². The molecule has 0 saturated carbocycles. The lowest BCUT2D eigenvalue weighted by atomic mass is 9.99. The summed E-state index contributed by atoms with van der Waals surface area (Å²) in [5, 5.41) is 0. The number of carbonyl (C=O) groups is 1. The molecule has 7 nitrogen and oxygen atoms in total. The fourth-order valence-corrected chi connectivity index (χ4v) is 4.16. The Kier molecular flexibility index (Phi) is 6.64. The van der Waals surface area contributed by atoms with Gasteiger partial charge in [0, 0.05) is 19.2 Å². The van der Waals surface area contributed by atoms with Gasteiger partial charge < -0.3 is 14.4 Å². The number of nitrogens with one attached hydrogen (secondary N) is 1. The summed E-state index contributed by atoms with van der Waals surface area (Å²) in [4.78, 5) is 14.2. The first-order chi connectivity index (χ1) is 13.9. The van der Waals surface area contributed by atoms with Crippen LogP contribution in [0.5, 0.6) is 11.5 Å². The Labute approximate surface area is 171 Å². The Bertz CT molecular complexity index is 936. The van der Waals surface area contributed by atoms with Crippen molar-refractivity contribution in [3.8, 4) is 11.5 Å². The lowest BCUT2D eigenvalue weighted by molar-refractivity contribution is -0.134. The molecule has 0 aromatic heterocycles. The molecule has 1 fully saturated rings. The Morgan fingerprint density at radius 3 is 2.45 bits per heavy atom. The predicted molar refractivity (Wildman–Crippen MR) is 111 cm³/mol. The van der Waals surface area contributed by atoms with Gasteiger partial charge in [-0.05, 0) is 55.2 Å². The second-order valence-electron chi connectivity index (χ2n) is 7.16. The molecule has 1 saturated heterocycles. The van der Waals surface area contributed by atoms with Crippen molar-refractivity contribution in [2.24, 2.45) is 5.92 Å². The number of benzene rings is 2. The van der Waals surface area contributed by atoms with Crippen molar-refractivity contribution in [1.29, 1.82) is 0 Å². The van der Waals surface area contributed by atoms with E-state index in [1.807, 2.05) is 4.90 Å². The number of ether oxygens (including phenoxy) is 2. The number of carbonyl (C=O) groups excluding carboxylic acids is 1. The van der Waals surface area contributed by atoms with E-state index in [4.69, 9.17) is 9.47 Å². The highest BCUT2D eigenvalue weighted by Gasteiger charge is 2.20. The summed E-state index contributed by atoms with van der Waals surface area (Å²) in [6.45, 7) is 3.66. The summed E-state index contributed by atoms with van der Waals surface area (Å²) in [6.07, 6.45) is 2.02. The van der Waals surface area contributed by atoms with E-state index in [-0.39, 0.29) is 17.4 Å². The lowest BCUT2D eigenvalue weighted by Crippen LogP contribution is -2.40. The second kappa shape index (κ2) is 9.17. The third-order valence-corrected chi connectivity index (χ3v) is 6.35. The summed E-state index contributed by atoms with van der Waals surface area (Å²) in [5.41, 5.74) is 0.408. The van der Waals surface area contributed by atoms with Crippen molar-refractivity contribution in [1.82, 2.24) is 4.90 Å². The van der Waals surface area contributed by atoms with E-state index in [0.717, 1.165) is 25.9 Å². The molecule has 156 valence electrons. The van der Waals surface area contributed by atoms with Crippen molar-refractivity contribution in [3.05, 3.63) is 48.5 Å². The average molecular weight is 419 g/mol. The molecule has 0 aliphatic carbocycles. The lowest BCUT2D eigenvalue weighted by Gasteiger charge is -2.30. The Morgan fingerprint density at radius 1 is 1.10 bits per heavy atom. The molecular formula is C21H26N2O5S. The normalized spacial score (nSPS) is 15.0. The SMILES string of the molecule is COc1cccc(NS(=O)(=O)c2ccc(OCC(=O)N3CCC(C)CC3)cc2)c1. The van der Waals surface area contributed by atoms with Crippen molar-refractivity contribution in [2.45, 2.75) is 24.7 Å². The van der Waals surface area contributed by atoms with Gasteiger partial charge >= 0.3 is 0 Å². The molecule has 0 radical (unpaired) electrons. The fraction of sp³-hybridized carbons (Fsp3) is 0.381. The van der Waals surface area contributed by atoms with Crippen LogP contribution >= 0.6 is 0 Å². The van der Waals surface area contributed by atoms with Crippen LogP contribution < -0.4 is 14.2 Å². The number of methoxy groups -OCH3 is 1. The first-order valence-electron chi connectivity index (χ1n) is 9.55. The molecule has 1 amide bonds. The number of likely N-dealkylation sites (tertiary alicyclic amines) is 1. The largest absolute Gasteiger partial charge is 0.497 e. The van der Waals surface area contributed by atoms with Gasteiger partial charge in [-0.25, -0.2) is 8.42 Å². The standard InChI is InChI=1S/C21H26N2O5S/c1-16-10-12-23(13-11-16)21(24)15-28-18-6-8-20(9-7-18)29(25,26)22-17-4-3-5-19(14-17)27-2/h3-9,14,16,22H,10-13,15H2,1-2H3. The first-order valence-corrected chi connectivity index (χ1v) is 11.0. The van der Waals surface area contributed by atoms with Crippen LogP contribution in [0.2, 0.25) is 0 Å². The van der Waals surface area contributed by atoms with Gasteiger partial charge in [-0.15, -0.1) is 0 Å². The van der Waals surface area contributed by atoms with E-state index in [0.29, 0.717) is 23.1 Å². The summed E-state index contributed by atoms with van der Waals surface area (Å²) >= 11 is 0. The van der Waals surface area contributed by atoms with Crippen molar-refractivity contribution >= 4 is 21.6 Å². The molecule has 2 aromatic carbocycles. The quantitative estimate of drug-likeness (QED) is 0.747. The van der Waals surface area contributed by atoms with E-state index in [2.05, 4.69) is 11.6 Å². The number of anilines is 1. The smallest absolute Gasteiger partial charge is 0.261 e. The zero-order chi connectivity index (χ0) is 20.9. The summed E-state index contributed by atoms with van der Waals surface area (Å²) in [5.74, 6) is 1.61. The van der Waals surface area contributed by atoms with Crippen LogP contribution in [0.1, 0.15) is 19.8 Å². The van der Waals surface area contributed by atoms with Gasteiger partial charge in [0.25, 0.3) is 15.9 Å². The van der Waals surface area contributed by atoms with Gasteiger partial charge in [0.1, 0.15) is 11.5 Å². The van der Waals surface area contributed by atoms with Crippen LogP contribution in [0.3, 0.4) is 0 Å². The number of piperidine rings is 1. The number of amides is 1. The third-order valence-electron chi connectivity index (χ3n) is 4.95. The maximum atomic E-state index is 12.6. The topological polar surface area (TPSA) is 84.9 Å². The van der Waals surface area contributed by atoms with Crippen molar-refractivity contribution in [3.63, 3.8) is 0 Å². The number of hydrogen-bond donors (Lipinski definition) is 1. The predicted octanol–water partition coefficient (Wildman–Crippen LogP) is 3.13. The van der Waals surface area contributed by atoms with Gasteiger partial charge in [0.2, 0.25) is 0 Å². The number of nitrogens with zero attached hydrogens (tertiary/aromatic N) is 1. The molecule has 1 heterocycles. The third kappa shape index (κ3) is 5.63. The van der Waals surface area contributed by atoms with Crippen LogP contribution in [0.15, 0.2) is 53.4 Å². The molecule has 0 atom stereocenters. The summed E-state index contributed by atoms with van der Waals surface area (Å²) < 4.78 is 38.3. The van der Waals surface area contributed by atoms with Gasteiger partial charge in [-0.3, -0.25) is 9.52 Å². The molecule has 0 unspecified atom stereocenters. The molecule has 2 aromatic rings. The molecule has 3 rings (SSSR count). The number of sulfonamides is 1. The minimum atomic E-state index is -3.75. The molecular weight excluding hydrogens is 392 g/mol. The minimum absolute atomic E-state index is 0.0479. The van der Waals surface area contributed by atoms with E-state index in [1.54, 1.807) is 36.4 Å². The molecule has 0 bridgehead atoms. The molecule has 8 heteroatoms. The second-order valence-corrected chi connectivity index (χ2v) is 8.84. The van der Waals surface area contributed by atoms with Crippen LogP contribution in [0.4, 0.5) is 5.69 Å². The fourth-order valence-electron chi connectivity index (χ4n) is 3.11. The Hall–Kier alpha value is -2.74. The summed E-state index contributed by atoms with van der Waals surface area (Å²) in [6, 6.07) is 12.7. The minimum Gasteiger partial charge on any atom is -0.497 e. The maximum Gasteiger partial charge on any atom is 0.261 e. The number of hydrogen-bond acceptors (Lipinski definition) is 5. The van der Waals surface area contributed by atoms with Gasteiger partial charge in [-0.2, -0.15) is 0 Å². The number of rotatable bonds is 7. The van der Waals surface area contributed by atoms with Gasteiger partial charge in [0.15, 0.2) is 6.61 Å². The van der Waals surface area contributed by atoms with Gasteiger partial charge in [-0.1, -0.05) is 13.0 Å². The van der Waals surface area contributed by atoms with Crippen molar-refractivity contribution in [2.75, 3.05) is 31.5 Å². The highest BCUT2D eigenvalue weighted by Crippen LogP contribution is 2.22. The van der Waals surface area contributed by atoms with Crippen LogP contribution in [0.25, 0.3) is 0 Å². The molecule has 29 heavy (non-hydrogen) atoms. The molecule has 0 spiro atoms. The molecule has 1 aliphatic heterocycles. The van der Waals surface area contributed by atoms with E-state index in [9.17, 15) is 13.2 Å². The van der Waals surface area contributed by atoms with E-state index < -0.39 is 10.0 Å². The van der Waals surface area contributed by atoms with Crippen LogP contribution in [0, 0.1) is 5.92 Å². The monoisotopic (exact) mass is 418 g/mol. The maximum absolute atomic E-state index is 12.6. The van der Waals surface area contributed by atoms with Crippen molar-refractivity contribution < 1.29 is 22.7 Å².